The number of nitro benzene ring substituents is 1. The second-order valence-electron chi connectivity index (χ2n) is 3.92. The molecule has 4 nitrogen and oxygen atoms in total. The number of unbranched alkanes of at least 4 members (excludes halogenated alkanes) is 1. The van der Waals surface area contributed by atoms with Crippen molar-refractivity contribution in [3.8, 4) is 0 Å². The first-order chi connectivity index (χ1) is 8.79. The van der Waals surface area contributed by atoms with Crippen LogP contribution < -0.4 is 5.32 Å². The number of hydrogen-bond acceptors (Lipinski definition) is 3. The third-order valence-electron chi connectivity index (χ3n) is 2.37. The molecular formula is C11H12ClF3N2O2. The summed E-state index contributed by atoms with van der Waals surface area (Å²) in [4.78, 5) is 9.91. The van der Waals surface area contributed by atoms with Crippen LogP contribution in [0.25, 0.3) is 0 Å². The zero-order chi connectivity index (χ0) is 14.5. The van der Waals surface area contributed by atoms with Crippen molar-refractivity contribution in [3.63, 3.8) is 0 Å². The van der Waals surface area contributed by atoms with E-state index in [1.165, 1.54) is 18.2 Å². The first-order valence-corrected chi connectivity index (χ1v) is 5.92. The van der Waals surface area contributed by atoms with Crippen molar-refractivity contribution in [1.29, 1.82) is 0 Å². The number of nitro groups is 1. The summed E-state index contributed by atoms with van der Waals surface area (Å²) in [5, 5.41) is 13.5. The van der Waals surface area contributed by atoms with Gasteiger partial charge in [0.05, 0.1) is 15.6 Å². The van der Waals surface area contributed by atoms with Crippen LogP contribution in [0.4, 0.5) is 24.5 Å². The largest absolute Gasteiger partial charge is 0.389 e. The monoisotopic (exact) mass is 296 g/mol. The van der Waals surface area contributed by atoms with Crippen LogP contribution in [0.15, 0.2) is 18.2 Å². The van der Waals surface area contributed by atoms with Gasteiger partial charge in [0.25, 0.3) is 5.69 Å². The molecule has 0 aromatic heterocycles. The Kier molecular flexibility index (Phi) is 5.41. The van der Waals surface area contributed by atoms with Crippen molar-refractivity contribution in [2.45, 2.75) is 25.4 Å². The van der Waals surface area contributed by atoms with Crippen LogP contribution in [0.2, 0.25) is 5.02 Å². The van der Waals surface area contributed by atoms with E-state index < -0.39 is 17.5 Å². The lowest BCUT2D eigenvalue weighted by atomic mass is 10.2. The molecule has 1 N–H and O–H groups in total. The van der Waals surface area contributed by atoms with E-state index in [4.69, 9.17) is 11.6 Å². The molecule has 0 bridgehead atoms. The van der Waals surface area contributed by atoms with Gasteiger partial charge in [-0.1, -0.05) is 11.6 Å². The summed E-state index contributed by atoms with van der Waals surface area (Å²) in [6.45, 7) is 0.327. The molecule has 0 unspecified atom stereocenters. The van der Waals surface area contributed by atoms with Crippen LogP contribution in [-0.4, -0.2) is 17.6 Å². The number of halogens is 4. The summed E-state index contributed by atoms with van der Waals surface area (Å²) in [6, 6.07) is 3.91. The molecule has 0 radical (unpaired) electrons. The number of anilines is 1. The van der Waals surface area contributed by atoms with Gasteiger partial charge in [-0.2, -0.15) is 13.2 Å². The lowest BCUT2D eigenvalue weighted by Gasteiger charge is -2.09. The number of alkyl halides is 3. The average Bonchev–Trinajstić information content (AvgIpc) is 2.28. The van der Waals surface area contributed by atoms with E-state index in [1.54, 1.807) is 0 Å². The number of nitrogens with zero attached hydrogens (tertiary/aromatic N) is 1. The molecule has 0 spiro atoms. The third-order valence-corrected chi connectivity index (χ3v) is 2.68. The van der Waals surface area contributed by atoms with Gasteiger partial charge in [0, 0.05) is 25.1 Å². The minimum Gasteiger partial charge on any atom is -0.384 e. The number of rotatable bonds is 6. The molecule has 1 aromatic carbocycles. The zero-order valence-corrected chi connectivity index (χ0v) is 10.6. The van der Waals surface area contributed by atoms with Gasteiger partial charge < -0.3 is 5.32 Å². The first-order valence-electron chi connectivity index (χ1n) is 5.54. The highest BCUT2D eigenvalue weighted by atomic mass is 35.5. The predicted octanol–water partition coefficient (Wildman–Crippen LogP) is 4.39. The Morgan fingerprint density at radius 3 is 2.53 bits per heavy atom. The minimum absolute atomic E-state index is 0.0289. The molecule has 0 atom stereocenters. The lowest BCUT2D eigenvalue weighted by Crippen LogP contribution is -2.08. The summed E-state index contributed by atoms with van der Waals surface area (Å²) in [7, 11) is 0. The molecule has 19 heavy (non-hydrogen) atoms. The van der Waals surface area contributed by atoms with Gasteiger partial charge in [-0.15, -0.1) is 0 Å². The second-order valence-corrected chi connectivity index (χ2v) is 4.33. The zero-order valence-electron chi connectivity index (χ0n) is 9.84. The highest BCUT2D eigenvalue weighted by Gasteiger charge is 2.25. The van der Waals surface area contributed by atoms with Gasteiger partial charge in [0.15, 0.2) is 0 Å². The van der Waals surface area contributed by atoms with Crippen molar-refractivity contribution in [2.24, 2.45) is 0 Å². The Bertz CT molecular complexity index is 452. The maximum atomic E-state index is 11.9. The Balaban J connectivity index is 2.40. The Morgan fingerprint density at radius 1 is 1.32 bits per heavy atom. The van der Waals surface area contributed by atoms with E-state index in [0.29, 0.717) is 18.7 Å². The molecule has 0 heterocycles. The highest BCUT2D eigenvalue weighted by Crippen LogP contribution is 2.27. The summed E-state index contributed by atoms with van der Waals surface area (Å²) in [5.41, 5.74) is 0.340. The van der Waals surface area contributed by atoms with Crippen LogP contribution in [0.3, 0.4) is 0 Å². The summed E-state index contributed by atoms with van der Waals surface area (Å²) in [5.74, 6) is 0. The van der Waals surface area contributed by atoms with E-state index in [9.17, 15) is 23.3 Å². The smallest absolute Gasteiger partial charge is 0.384 e. The standard InChI is InChI=1S/C11H12ClF3N2O2/c12-9-7-8(17(18)19)3-4-10(9)16-6-2-1-5-11(13,14)15/h3-4,7,16H,1-2,5-6H2. The van der Waals surface area contributed by atoms with Crippen LogP contribution >= 0.6 is 11.6 Å². The molecule has 1 rings (SSSR count). The van der Waals surface area contributed by atoms with Crippen molar-refractivity contribution in [2.75, 3.05) is 11.9 Å². The van der Waals surface area contributed by atoms with E-state index in [0.717, 1.165) is 0 Å². The maximum absolute atomic E-state index is 11.9. The van der Waals surface area contributed by atoms with Crippen LogP contribution in [0.5, 0.6) is 0 Å². The molecule has 0 aliphatic rings. The molecule has 0 amide bonds. The fourth-order valence-electron chi connectivity index (χ4n) is 1.43. The predicted molar refractivity (Wildman–Crippen MR) is 66.5 cm³/mol. The average molecular weight is 297 g/mol. The van der Waals surface area contributed by atoms with Gasteiger partial charge in [0.2, 0.25) is 0 Å². The van der Waals surface area contributed by atoms with Gasteiger partial charge in [-0.3, -0.25) is 10.1 Å². The molecule has 8 heteroatoms. The van der Waals surface area contributed by atoms with Gasteiger partial charge in [-0.05, 0) is 18.9 Å². The van der Waals surface area contributed by atoms with Gasteiger partial charge in [0.1, 0.15) is 0 Å². The quantitative estimate of drug-likeness (QED) is 0.481. The van der Waals surface area contributed by atoms with Gasteiger partial charge in [-0.25, -0.2) is 0 Å². The fraction of sp³-hybridized carbons (Fsp3) is 0.455. The molecule has 1 aromatic rings. The Morgan fingerprint density at radius 2 is 2.00 bits per heavy atom. The maximum Gasteiger partial charge on any atom is 0.389 e. The van der Waals surface area contributed by atoms with Gasteiger partial charge >= 0.3 is 6.18 Å². The second kappa shape index (κ2) is 6.60. The molecular weight excluding hydrogens is 285 g/mol. The number of hydrogen-bond donors (Lipinski definition) is 1. The van der Waals surface area contributed by atoms with E-state index in [2.05, 4.69) is 5.32 Å². The number of non-ortho nitro benzene ring substituents is 1. The Labute approximate surface area is 112 Å². The fourth-order valence-corrected chi connectivity index (χ4v) is 1.68. The summed E-state index contributed by atoms with van der Waals surface area (Å²) in [6.07, 6.45) is -4.58. The van der Waals surface area contributed by atoms with Crippen molar-refractivity contribution < 1.29 is 18.1 Å². The Hall–Kier alpha value is -1.50. The van der Waals surface area contributed by atoms with Crippen LogP contribution in [-0.2, 0) is 0 Å². The van der Waals surface area contributed by atoms with Crippen LogP contribution in [0, 0.1) is 10.1 Å². The summed E-state index contributed by atoms with van der Waals surface area (Å²) < 4.78 is 35.7. The number of nitrogens with one attached hydrogen (secondary N) is 1. The number of benzene rings is 1. The molecule has 0 aliphatic carbocycles. The minimum atomic E-state index is -4.13. The normalized spacial score (nSPS) is 11.4. The van der Waals surface area contributed by atoms with E-state index in [-0.39, 0.29) is 17.1 Å². The van der Waals surface area contributed by atoms with Crippen LogP contribution in [0.1, 0.15) is 19.3 Å². The molecule has 0 saturated carbocycles. The van der Waals surface area contributed by atoms with Crippen molar-refractivity contribution in [3.05, 3.63) is 33.3 Å². The first kappa shape index (κ1) is 15.6. The summed E-state index contributed by atoms with van der Waals surface area (Å²) >= 11 is 5.81. The molecule has 0 fully saturated rings. The third kappa shape index (κ3) is 5.78. The molecule has 0 aliphatic heterocycles. The highest BCUT2D eigenvalue weighted by molar-refractivity contribution is 6.33. The van der Waals surface area contributed by atoms with E-state index >= 15 is 0 Å². The molecule has 0 saturated heterocycles. The van der Waals surface area contributed by atoms with Crippen molar-refractivity contribution >= 4 is 23.0 Å². The lowest BCUT2D eigenvalue weighted by molar-refractivity contribution is -0.384. The van der Waals surface area contributed by atoms with Crippen molar-refractivity contribution in [1.82, 2.24) is 0 Å². The van der Waals surface area contributed by atoms with E-state index in [1.807, 2.05) is 0 Å². The topological polar surface area (TPSA) is 55.2 Å². The molecule has 106 valence electrons. The SMILES string of the molecule is O=[N+]([O-])c1ccc(NCCCCC(F)(F)F)c(Cl)c1.